The van der Waals surface area contributed by atoms with Crippen LogP contribution >= 0.6 is 0 Å². The zero-order valence-electron chi connectivity index (χ0n) is 8.98. The summed E-state index contributed by atoms with van der Waals surface area (Å²) in [6, 6.07) is 0. The van der Waals surface area contributed by atoms with E-state index in [1.807, 2.05) is 0 Å². The second-order valence-electron chi connectivity index (χ2n) is 3.34. The van der Waals surface area contributed by atoms with Crippen molar-refractivity contribution in [3.05, 3.63) is 0 Å². The van der Waals surface area contributed by atoms with Crippen LogP contribution in [0.3, 0.4) is 0 Å². The number of carbonyl (C=O) groups excluding carboxylic acids is 1. The van der Waals surface area contributed by atoms with Gasteiger partial charge in [0.2, 0.25) is 0 Å². The number of esters is 1. The first-order valence-corrected chi connectivity index (χ1v) is 4.92. The number of aliphatic hydroxyl groups excluding tert-OH is 5. The quantitative estimate of drug-likeness (QED) is 0.307. The van der Waals surface area contributed by atoms with Crippen molar-refractivity contribution in [2.24, 2.45) is 0 Å². The van der Waals surface area contributed by atoms with Crippen LogP contribution in [0.25, 0.3) is 0 Å². The minimum Gasteiger partial charge on any atom is -0.463 e. The number of hydrogen-bond donors (Lipinski definition) is 5. The van der Waals surface area contributed by atoms with Gasteiger partial charge < -0.3 is 30.3 Å². The number of ether oxygens (including phenoxy) is 1. The van der Waals surface area contributed by atoms with Gasteiger partial charge in [0, 0.05) is 6.42 Å². The van der Waals surface area contributed by atoms with Crippen LogP contribution in [0.2, 0.25) is 0 Å². The van der Waals surface area contributed by atoms with Crippen molar-refractivity contribution >= 4 is 5.97 Å². The molecule has 7 heteroatoms. The Morgan fingerprint density at radius 2 is 1.62 bits per heavy atom. The van der Waals surface area contributed by atoms with Crippen LogP contribution in [0.1, 0.15) is 13.3 Å². The lowest BCUT2D eigenvalue weighted by Gasteiger charge is -2.25. The molecule has 0 radical (unpaired) electrons. The lowest BCUT2D eigenvalue weighted by atomic mass is 10.0. The van der Waals surface area contributed by atoms with E-state index in [1.54, 1.807) is 6.92 Å². The maximum Gasteiger partial charge on any atom is 0.305 e. The van der Waals surface area contributed by atoms with E-state index >= 15 is 0 Å². The third kappa shape index (κ3) is 4.86. The van der Waals surface area contributed by atoms with E-state index in [-0.39, 0.29) is 6.42 Å². The molecule has 0 aromatic rings. The summed E-state index contributed by atoms with van der Waals surface area (Å²) < 4.78 is 4.53. The van der Waals surface area contributed by atoms with E-state index in [0.29, 0.717) is 0 Å². The minimum atomic E-state index is -1.71. The van der Waals surface area contributed by atoms with E-state index < -0.39 is 43.6 Å². The van der Waals surface area contributed by atoms with Crippen LogP contribution in [0.15, 0.2) is 0 Å². The zero-order chi connectivity index (χ0) is 12.7. The van der Waals surface area contributed by atoms with Crippen molar-refractivity contribution in [2.45, 2.75) is 37.8 Å². The predicted molar refractivity (Wildman–Crippen MR) is 52.4 cm³/mol. The maximum absolute atomic E-state index is 10.7. The van der Waals surface area contributed by atoms with E-state index in [1.165, 1.54) is 0 Å². The van der Waals surface area contributed by atoms with Crippen molar-refractivity contribution in [1.82, 2.24) is 0 Å². The first-order valence-electron chi connectivity index (χ1n) is 4.92. The third-order valence-corrected chi connectivity index (χ3v) is 2.03. The van der Waals surface area contributed by atoms with Crippen molar-refractivity contribution in [3.63, 3.8) is 0 Å². The molecular formula is C9H18O7. The molecule has 0 bridgehead atoms. The van der Waals surface area contributed by atoms with Crippen molar-refractivity contribution in [2.75, 3.05) is 13.2 Å². The standard InChI is InChI=1S/C9H18O7/c1-2-7(13)16-4-6(12)9(15)8(14)5(11)3-10/h5-6,8-12,14-15H,2-4H2,1H3. The summed E-state index contributed by atoms with van der Waals surface area (Å²) >= 11 is 0. The van der Waals surface area contributed by atoms with Gasteiger partial charge in [0.05, 0.1) is 6.61 Å². The van der Waals surface area contributed by atoms with Gasteiger partial charge in [0.15, 0.2) is 0 Å². The largest absolute Gasteiger partial charge is 0.463 e. The molecule has 0 aromatic carbocycles. The number of rotatable bonds is 7. The summed E-state index contributed by atoms with van der Waals surface area (Å²) in [6.07, 6.45) is -6.37. The molecule has 5 N–H and O–H groups in total. The Morgan fingerprint density at radius 1 is 1.12 bits per heavy atom. The van der Waals surface area contributed by atoms with Crippen molar-refractivity contribution in [3.8, 4) is 0 Å². The molecule has 0 rings (SSSR count). The summed E-state index contributed by atoms with van der Waals surface area (Å²) in [6.45, 7) is 0.332. The summed E-state index contributed by atoms with van der Waals surface area (Å²) in [7, 11) is 0. The maximum atomic E-state index is 10.7. The zero-order valence-corrected chi connectivity index (χ0v) is 8.98. The second kappa shape index (κ2) is 7.53. The van der Waals surface area contributed by atoms with Gasteiger partial charge in [-0.2, -0.15) is 0 Å². The molecule has 0 heterocycles. The first-order chi connectivity index (χ1) is 7.43. The average Bonchev–Trinajstić information content (AvgIpc) is 2.32. The fourth-order valence-corrected chi connectivity index (χ4v) is 0.942. The summed E-state index contributed by atoms with van der Waals surface area (Å²) in [5, 5.41) is 45.3. The summed E-state index contributed by atoms with van der Waals surface area (Å²) in [5.41, 5.74) is 0. The molecule has 0 amide bonds. The average molecular weight is 238 g/mol. The van der Waals surface area contributed by atoms with Gasteiger partial charge in [-0.15, -0.1) is 0 Å². The fourth-order valence-electron chi connectivity index (χ4n) is 0.942. The van der Waals surface area contributed by atoms with Gasteiger partial charge in [0.1, 0.15) is 31.0 Å². The summed E-state index contributed by atoms with van der Waals surface area (Å²) in [4.78, 5) is 10.7. The molecule has 0 aliphatic carbocycles. The molecule has 16 heavy (non-hydrogen) atoms. The fraction of sp³-hybridized carbons (Fsp3) is 0.889. The van der Waals surface area contributed by atoms with E-state index in [9.17, 15) is 20.1 Å². The highest BCUT2D eigenvalue weighted by Crippen LogP contribution is 2.05. The van der Waals surface area contributed by atoms with E-state index in [4.69, 9.17) is 10.2 Å². The Bertz CT molecular complexity index is 208. The Kier molecular flexibility index (Phi) is 7.18. The Morgan fingerprint density at radius 3 is 2.06 bits per heavy atom. The predicted octanol–water partition coefficient (Wildman–Crippen LogP) is -2.62. The van der Waals surface area contributed by atoms with Crippen LogP contribution < -0.4 is 0 Å². The molecule has 0 aliphatic rings. The smallest absolute Gasteiger partial charge is 0.305 e. The topological polar surface area (TPSA) is 127 Å². The number of hydrogen-bond acceptors (Lipinski definition) is 7. The molecule has 0 aliphatic heterocycles. The van der Waals surface area contributed by atoms with Crippen LogP contribution in [-0.4, -0.2) is 69.1 Å². The second-order valence-corrected chi connectivity index (χ2v) is 3.34. The third-order valence-electron chi connectivity index (χ3n) is 2.03. The molecule has 7 nitrogen and oxygen atoms in total. The Labute approximate surface area is 92.9 Å². The highest BCUT2D eigenvalue weighted by atomic mass is 16.5. The van der Waals surface area contributed by atoms with Gasteiger partial charge >= 0.3 is 5.97 Å². The SMILES string of the molecule is CCC(=O)OCC(O)C(O)C(O)C(O)CO. The van der Waals surface area contributed by atoms with Gasteiger partial charge in [-0.1, -0.05) is 6.92 Å². The van der Waals surface area contributed by atoms with Crippen molar-refractivity contribution < 1.29 is 35.1 Å². The molecule has 0 spiro atoms. The summed E-state index contributed by atoms with van der Waals surface area (Å²) in [5.74, 6) is -0.552. The monoisotopic (exact) mass is 238 g/mol. The molecular weight excluding hydrogens is 220 g/mol. The van der Waals surface area contributed by atoms with Crippen LogP contribution in [0, 0.1) is 0 Å². The number of carbonyl (C=O) groups is 1. The molecule has 96 valence electrons. The highest BCUT2D eigenvalue weighted by molar-refractivity contribution is 5.68. The van der Waals surface area contributed by atoms with E-state index in [2.05, 4.69) is 4.74 Å². The highest BCUT2D eigenvalue weighted by Gasteiger charge is 2.30. The molecule has 4 unspecified atom stereocenters. The molecule has 0 saturated carbocycles. The van der Waals surface area contributed by atoms with Gasteiger partial charge in [-0.25, -0.2) is 0 Å². The first kappa shape index (κ1) is 15.3. The normalized spacial score (nSPS) is 18.6. The number of aliphatic hydroxyl groups is 5. The van der Waals surface area contributed by atoms with Crippen molar-refractivity contribution in [1.29, 1.82) is 0 Å². The van der Waals surface area contributed by atoms with Crippen LogP contribution in [-0.2, 0) is 9.53 Å². The molecule has 0 fully saturated rings. The van der Waals surface area contributed by atoms with Crippen LogP contribution in [0.4, 0.5) is 0 Å². The Balaban J connectivity index is 4.06. The van der Waals surface area contributed by atoms with Crippen LogP contribution in [0.5, 0.6) is 0 Å². The lowest BCUT2D eigenvalue weighted by molar-refractivity contribution is -0.155. The minimum absolute atomic E-state index is 0.130. The molecule has 4 atom stereocenters. The molecule has 0 saturated heterocycles. The molecule has 0 aromatic heterocycles. The van der Waals surface area contributed by atoms with Gasteiger partial charge in [0.25, 0.3) is 0 Å². The van der Waals surface area contributed by atoms with E-state index in [0.717, 1.165) is 0 Å². The van der Waals surface area contributed by atoms with Gasteiger partial charge in [-0.3, -0.25) is 4.79 Å². The Hall–Kier alpha value is -0.730. The van der Waals surface area contributed by atoms with Gasteiger partial charge in [-0.05, 0) is 0 Å². The lowest BCUT2D eigenvalue weighted by Crippen LogP contribution is -2.47.